The van der Waals surface area contributed by atoms with Crippen molar-refractivity contribution in [1.29, 1.82) is 0 Å². The van der Waals surface area contributed by atoms with Crippen LogP contribution in [0.4, 0.5) is 0 Å². The Morgan fingerprint density at radius 1 is 0.278 bits per heavy atom. The highest BCUT2D eigenvalue weighted by Crippen LogP contribution is 2.45. The molecule has 0 aliphatic carbocycles. The van der Waals surface area contributed by atoms with Crippen LogP contribution in [0.15, 0.2) is 0 Å². The minimum absolute atomic E-state index is 0.104. The lowest BCUT2D eigenvalue weighted by atomic mass is 10.0. The zero-order valence-corrected chi connectivity index (χ0v) is 65.3. The Balaban J connectivity index is 5.18. The van der Waals surface area contributed by atoms with Gasteiger partial charge >= 0.3 is 39.5 Å². The van der Waals surface area contributed by atoms with Gasteiger partial charge < -0.3 is 33.8 Å². The number of phosphoric ester groups is 2. The standard InChI is InChI=1S/C78H152O17P2/c1-8-9-10-11-12-38-45-52-59-75(80)88-65-73(95-78(83)62-55-48-41-34-33-37-44-51-58-71(6)7)67-92-96(84,85)90-63-72(79)64-91-97(86,87)93-68-74(66-89-76(81)60-53-46-39-31-27-23-20-19-22-26-30-36-43-50-57-70(4)5)94-77(82)61-54-47-40-32-28-24-18-16-14-13-15-17-21-25-29-35-42-49-56-69(2)3/h69-74,79H,8-68H2,1-7H3,(H,84,85)(H,86,87)/t72-,73+,74+/m0/s1. The first-order valence-corrected chi connectivity index (χ1v) is 43.3. The first kappa shape index (κ1) is 95.1. The van der Waals surface area contributed by atoms with E-state index in [-0.39, 0.29) is 25.7 Å². The number of phosphoric acid groups is 2. The quantitative estimate of drug-likeness (QED) is 0.0222. The second-order valence-electron chi connectivity index (χ2n) is 29.5. The lowest BCUT2D eigenvalue weighted by Gasteiger charge is -2.21. The third kappa shape index (κ3) is 72.2. The molecule has 5 atom stereocenters. The largest absolute Gasteiger partial charge is 0.472 e. The molecule has 0 aliphatic rings. The van der Waals surface area contributed by atoms with Gasteiger partial charge in [0, 0.05) is 25.7 Å². The van der Waals surface area contributed by atoms with Gasteiger partial charge in [0.1, 0.15) is 19.3 Å². The van der Waals surface area contributed by atoms with Crippen LogP contribution in [0.5, 0.6) is 0 Å². The smallest absolute Gasteiger partial charge is 0.462 e. The maximum Gasteiger partial charge on any atom is 0.472 e. The molecule has 19 heteroatoms. The second kappa shape index (κ2) is 68.5. The van der Waals surface area contributed by atoms with Gasteiger partial charge in [-0.25, -0.2) is 9.13 Å². The molecular formula is C78H152O17P2. The number of hydrogen-bond donors (Lipinski definition) is 3. The van der Waals surface area contributed by atoms with E-state index in [9.17, 15) is 43.2 Å². The fourth-order valence-electron chi connectivity index (χ4n) is 12.0. The third-order valence-electron chi connectivity index (χ3n) is 18.1. The highest BCUT2D eigenvalue weighted by molar-refractivity contribution is 7.47. The molecule has 17 nitrogen and oxygen atoms in total. The summed E-state index contributed by atoms with van der Waals surface area (Å²) >= 11 is 0. The SMILES string of the molecule is CCCCCCCCCCC(=O)OC[C@H](COP(=O)(O)OC[C@H](O)COP(=O)(O)OC[C@@H](COC(=O)CCCCCCCCCCCCCCCCC(C)C)OC(=O)CCCCCCCCCCCCCCCCCCCCC(C)C)OC(=O)CCCCCCCCCCC(C)C. The van der Waals surface area contributed by atoms with Gasteiger partial charge in [-0.2, -0.15) is 0 Å². The minimum Gasteiger partial charge on any atom is -0.462 e. The zero-order chi connectivity index (χ0) is 71.6. The van der Waals surface area contributed by atoms with Crippen molar-refractivity contribution >= 4 is 39.5 Å². The first-order valence-electron chi connectivity index (χ1n) is 40.3. The molecule has 0 fully saturated rings. The van der Waals surface area contributed by atoms with Crippen molar-refractivity contribution in [2.24, 2.45) is 17.8 Å². The van der Waals surface area contributed by atoms with Crippen LogP contribution in [0.25, 0.3) is 0 Å². The van der Waals surface area contributed by atoms with Crippen LogP contribution in [0.3, 0.4) is 0 Å². The van der Waals surface area contributed by atoms with Gasteiger partial charge in [-0.3, -0.25) is 37.3 Å². The number of ether oxygens (including phenoxy) is 4. The molecular weight excluding hydrogens is 1270 g/mol. The summed E-state index contributed by atoms with van der Waals surface area (Å²) in [6.07, 6.45) is 55.7. The maximum atomic E-state index is 13.1. The van der Waals surface area contributed by atoms with Crippen LogP contribution in [0, 0.1) is 17.8 Å². The van der Waals surface area contributed by atoms with Crippen molar-refractivity contribution in [3.8, 4) is 0 Å². The molecule has 0 rings (SSSR count). The molecule has 0 aliphatic heterocycles. The topological polar surface area (TPSA) is 237 Å². The summed E-state index contributed by atoms with van der Waals surface area (Å²) in [7, 11) is -9.91. The third-order valence-corrected chi connectivity index (χ3v) is 20.0. The number of aliphatic hydroxyl groups excluding tert-OH is 1. The molecule has 97 heavy (non-hydrogen) atoms. The molecule has 0 aromatic rings. The Kier molecular flexibility index (Phi) is 67.1. The maximum absolute atomic E-state index is 13.1. The Morgan fingerprint density at radius 3 is 0.701 bits per heavy atom. The molecule has 2 unspecified atom stereocenters. The summed E-state index contributed by atoms with van der Waals surface area (Å²) in [5.41, 5.74) is 0. The van der Waals surface area contributed by atoms with E-state index < -0.39 is 97.5 Å². The van der Waals surface area contributed by atoms with Crippen molar-refractivity contribution in [1.82, 2.24) is 0 Å². The van der Waals surface area contributed by atoms with Crippen LogP contribution in [-0.2, 0) is 65.4 Å². The van der Waals surface area contributed by atoms with Gasteiger partial charge in [0.2, 0.25) is 0 Å². The number of unbranched alkanes of at least 4 members (excludes halogenated alkanes) is 44. The number of carbonyl (C=O) groups is 4. The molecule has 576 valence electrons. The van der Waals surface area contributed by atoms with Gasteiger partial charge in [0.25, 0.3) is 0 Å². The number of hydrogen-bond acceptors (Lipinski definition) is 15. The fourth-order valence-corrected chi connectivity index (χ4v) is 13.5. The van der Waals surface area contributed by atoms with E-state index >= 15 is 0 Å². The Morgan fingerprint density at radius 2 is 0.474 bits per heavy atom. The van der Waals surface area contributed by atoms with Gasteiger partial charge in [0.05, 0.1) is 26.4 Å². The van der Waals surface area contributed by atoms with Crippen molar-refractivity contribution in [2.45, 2.75) is 420 Å². The summed E-state index contributed by atoms with van der Waals surface area (Å²) in [5.74, 6) is 0.218. The Labute approximate surface area is 594 Å². The fraction of sp³-hybridized carbons (Fsp3) is 0.949. The zero-order valence-electron chi connectivity index (χ0n) is 63.5. The molecule has 0 aromatic carbocycles. The Hall–Kier alpha value is -1.94. The van der Waals surface area contributed by atoms with Crippen LogP contribution >= 0.6 is 15.6 Å². The van der Waals surface area contributed by atoms with Crippen LogP contribution in [-0.4, -0.2) is 96.7 Å². The molecule has 0 spiro atoms. The van der Waals surface area contributed by atoms with Gasteiger partial charge in [-0.15, -0.1) is 0 Å². The van der Waals surface area contributed by atoms with Crippen LogP contribution < -0.4 is 0 Å². The van der Waals surface area contributed by atoms with Gasteiger partial charge in [-0.1, -0.05) is 350 Å². The molecule has 0 bridgehead atoms. The number of carbonyl (C=O) groups excluding carboxylic acids is 4. The van der Waals surface area contributed by atoms with Gasteiger partial charge in [0.15, 0.2) is 12.2 Å². The summed E-state index contributed by atoms with van der Waals surface area (Å²) in [4.78, 5) is 72.8. The average molecular weight is 1420 g/mol. The van der Waals surface area contributed by atoms with E-state index in [0.29, 0.717) is 25.7 Å². The minimum atomic E-state index is -4.96. The molecule has 0 aromatic heterocycles. The monoisotopic (exact) mass is 1420 g/mol. The lowest BCUT2D eigenvalue weighted by Crippen LogP contribution is -2.30. The number of esters is 4. The second-order valence-corrected chi connectivity index (χ2v) is 32.4. The molecule has 0 saturated carbocycles. The lowest BCUT2D eigenvalue weighted by molar-refractivity contribution is -0.161. The van der Waals surface area contributed by atoms with E-state index in [2.05, 4.69) is 48.5 Å². The molecule has 0 amide bonds. The summed E-state index contributed by atoms with van der Waals surface area (Å²) in [5, 5.41) is 10.6. The van der Waals surface area contributed by atoms with Crippen molar-refractivity contribution in [3.63, 3.8) is 0 Å². The molecule has 0 saturated heterocycles. The number of rotatable bonds is 76. The first-order chi connectivity index (χ1) is 46.7. The van der Waals surface area contributed by atoms with E-state index in [4.69, 9.17) is 37.0 Å². The highest BCUT2D eigenvalue weighted by Gasteiger charge is 2.30. The van der Waals surface area contributed by atoms with Crippen molar-refractivity contribution in [2.75, 3.05) is 39.6 Å². The van der Waals surface area contributed by atoms with E-state index in [1.807, 2.05) is 0 Å². The van der Waals surface area contributed by atoms with Crippen LogP contribution in [0.1, 0.15) is 402 Å². The van der Waals surface area contributed by atoms with E-state index in [1.54, 1.807) is 0 Å². The summed E-state index contributed by atoms with van der Waals surface area (Å²) < 4.78 is 68.5. The van der Waals surface area contributed by atoms with Crippen molar-refractivity contribution in [3.05, 3.63) is 0 Å². The summed E-state index contributed by atoms with van der Waals surface area (Å²) in [6, 6.07) is 0. The molecule has 0 heterocycles. The van der Waals surface area contributed by atoms with E-state index in [0.717, 1.165) is 114 Å². The van der Waals surface area contributed by atoms with Crippen molar-refractivity contribution < 1.29 is 80.2 Å². The molecule has 0 radical (unpaired) electrons. The van der Waals surface area contributed by atoms with E-state index in [1.165, 1.54) is 205 Å². The highest BCUT2D eigenvalue weighted by atomic mass is 31.2. The predicted molar refractivity (Wildman–Crippen MR) is 395 cm³/mol. The number of aliphatic hydroxyl groups is 1. The predicted octanol–water partition coefficient (Wildman–Crippen LogP) is 23.0. The molecule has 3 N–H and O–H groups in total. The van der Waals surface area contributed by atoms with Crippen LogP contribution in [0.2, 0.25) is 0 Å². The normalized spacial score (nSPS) is 14.0. The van der Waals surface area contributed by atoms with Gasteiger partial charge in [-0.05, 0) is 43.4 Å². The Bertz CT molecular complexity index is 1890. The average Bonchev–Trinajstić information content (AvgIpc) is 2.61. The summed E-state index contributed by atoms with van der Waals surface area (Å²) in [6.45, 7) is 11.9.